The van der Waals surface area contributed by atoms with Crippen molar-refractivity contribution >= 4 is 22.4 Å². The molecule has 0 aliphatic rings. The zero-order chi connectivity index (χ0) is 18.0. The Bertz CT molecular complexity index is 879. The zero-order valence-corrected chi connectivity index (χ0v) is 15.6. The van der Waals surface area contributed by atoms with Gasteiger partial charge in [0.2, 0.25) is 0 Å². The third-order valence-electron chi connectivity index (χ3n) is 3.74. The van der Waals surface area contributed by atoms with Gasteiger partial charge in [0.05, 0.1) is 23.6 Å². The van der Waals surface area contributed by atoms with E-state index in [1.807, 2.05) is 73.2 Å². The van der Waals surface area contributed by atoms with E-state index in [-0.39, 0.29) is 5.91 Å². The monoisotopic (exact) mass is 355 g/mol. The second-order valence-electron chi connectivity index (χ2n) is 6.08. The number of hydrogen-bond acceptors (Lipinski definition) is 5. The molecule has 0 fully saturated rings. The summed E-state index contributed by atoms with van der Waals surface area (Å²) >= 11 is 1.56. The smallest absolute Gasteiger partial charge is 0.251 e. The molecular weight excluding hydrogens is 334 g/mol. The molecule has 0 radical (unpaired) electrons. The van der Waals surface area contributed by atoms with Gasteiger partial charge in [-0.05, 0) is 44.2 Å². The first-order chi connectivity index (χ1) is 11.9. The number of nitrogens with zero attached hydrogens (tertiary/aromatic N) is 4. The zero-order valence-electron chi connectivity index (χ0n) is 14.8. The number of nitrogens with one attached hydrogen (secondary N) is 1. The molecule has 7 heteroatoms. The van der Waals surface area contributed by atoms with E-state index < -0.39 is 0 Å². The van der Waals surface area contributed by atoms with Gasteiger partial charge in [0, 0.05) is 30.7 Å². The van der Waals surface area contributed by atoms with Crippen molar-refractivity contribution in [3.63, 3.8) is 0 Å². The van der Waals surface area contributed by atoms with Gasteiger partial charge in [-0.2, -0.15) is 5.10 Å². The van der Waals surface area contributed by atoms with Crippen molar-refractivity contribution < 1.29 is 4.79 Å². The van der Waals surface area contributed by atoms with Crippen molar-refractivity contribution in [1.29, 1.82) is 0 Å². The Morgan fingerprint density at radius 3 is 2.52 bits per heavy atom. The highest BCUT2D eigenvalue weighted by atomic mass is 32.1. The number of hydrogen-bond donors (Lipinski definition) is 1. The fourth-order valence-corrected chi connectivity index (χ4v) is 3.26. The number of rotatable bonds is 5. The van der Waals surface area contributed by atoms with E-state index in [1.54, 1.807) is 11.3 Å². The number of thiazole rings is 1. The van der Waals surface area contributed by atoms with Gasteiger partial charge in [-0.25, -0.2) is 9.67 Å². The number of carbonyl (C=O) groups excluding carboxylic acids is 1. The minimum Gasteiger partial charge on any atom is -0.354 e. The minimum atomic E-state index is -0.112. The van der Waals surface area contributed by atoms with Crippen LogP contribution in [0, 0.1) is 13.8 Å². The average Bonchev–Trinajstić information content (AvgIpc) is 3.19. The number of anilines is 1. The Kier molecular flexibility index (Phi) is 4.85. The third kappa shape index (κ3) is 3.88. The molecule has 6 nitrogen and oxygen atoms in total. The van der Waals surface area contributed by atoms with Crippen LogP contribution >= 0.6 is 11.3 Å². The highest BCUT2D eigenvalue weighted by Gasteiger charge is 2.09. The van der Waals surface area contributed by atoms with Gasteiger partial charge >= 0.3 is 0 Å². The molecule has 1 amide bonds. The number of carbonyl (C=O) groups is 1. The molecule has 130 valence electrons. The lowest BCUT2D eigenvalue weighted by Gasteiger charge is -2.07. The van der Waals surface area contributed by atoms with E-state index in [0.29, 0.717) is 12.1 Å². The summed E-state index contributed by atoms with van der Waals surface area (Å²) < 4.78 is 1.87. The van der Waals surface area contributed by atoms with E-state index >= 15 is 0 Å². The highest BCUT2D eigenvalue weighted by Crippen LogP contribution is 2.18. The van der Waals surface area contributed by atoms with Crippen LogP contribution in [0.25, 0.3) is 5.69 Å². The predicted octanol–water partition coefficient (Wildman–Crippen LogP) is 2.94. The maximum atomic E-state index is 12.3. The van der Waals surface area contributed by atoms with Crippen LogP contribution in [0.4, 0.5) is 5.13 Å². The molecule has 3 rings (SSSR count). The summed E-state index contributed by atoms with van der Waals surface area (Å²) in [6, 6.07) is 9.46. The summed E-state index contributed by atoms with van der Waals surface area (Å²) in [4.78, 5) is 18.7. The molecule has 0 aliphatic heterocycles. The van der Waals surface area contributed by atoms with Gasteiger partial charge in [-0.15, -0.1) is 11.3 Å². The molecule has 2 heterocycles. The van der Waals surface area contributed by atoms with Crippen LogP contribution in [0.1, 0.15) is 27.4 Å². The molecule has 0 aliphatic carbocycles. The van der Waals surface area contributed by atoms with Gasteiger partial charge in [0.25, 0.3) is 5.91 Å². The Labute approximate surface area is 151 Å². The summed E-state index contributed by atoms with van der Waals surface area (Å²) in [7, 11) is 3.90. The van der Waals surface area contributed by atoms with Crippen molar-refractivity contribution in [1.82, 2.24) is 20.1 Å². The van der Waals surface area contributed by atoms with Gasteiger partial charge < -0.3 is 10.2 Å². The first-order valence-electron chi connectivity index (χ1n) is 7.97. The molecule has 1 aromatic carbocycles. The quantitative estimate of drug-likeness (QED) is 0.764. The van der Waals surface area contributed by atoms with Gasteiger partial charge in [0.1, 0.15) is 0 Å². The molecule has 0 spiro atoms. The van der Waals surface area contributed by atoms with Crippen molar-refractivity contribution in [2.45, 2.75) is 20.4 Å². The maximum Gasteiger partial charge on any atom is 0.251 e. The standard InChI is InChI=1S/C18H21N5OS/c1-12-9-13(2)23(21-12)16-7-5-14(6-8-16)17(24)19-10-15-11-25-18(20-15)22(3)4/h5-9,11H,10H2,1-4H3,(H,19,24). The average molecular weight is 355 g/mol. The van der Waals surface area contributed by atoms with E-state index in [2.05, 4.69) is 15.4 Å². The molecule has 1 N–H and O–H groups in total. The van der Waals surface area contributed by atoms with Gasteiger partial charge in [0.15, 0.2) is 5.13 Å². The Morgan fingerprint density at radius 1 is 1.24 bits per heavy atom. The highest BCUT2D eigenvalue weighted by molar-refractivity contribution is 7.13. The minimum absolute atomic E-state index is 0.112. The molecule has 0 unspecified atom stereocenters. The van der Waals surface area contributed by atoms with Crippen LogP contribution in [0.2, 0.25) is 0 Å². The predicted molar refractivity (Wildman–Crippen MR) is 101 cm³/mol. The van der Waals surface area contributed by atoms with E-state index in [4.69, 9.17) is 0 Å². The van der Waals surface area contributed by atoms with E-state index in [9.17, 15) is 4.79 Å². The van der Waals surface area contributed by atoms with E-state index in [0.717, 1.165) is 27.9 Å². The van der Waals surface area contributed by atoms with Crippen LogP contribution < -0.4 is 10.2 Å². The Balaban J connectivity index is 1.65. The summed E-state index contributed by atoms with van der Waals surface area (Å²) in [5, 5.41) is 10.2. The molecule has 0 bridgehead atoms. The maximum absolute atomic E-state index is 12.3. The lowest BCUT2D eigenvalue weighted by atomic mass is 10.2. The van der Waals surface area contributed by atoms with Crippen molar-refractivity contribution in [3.8, 4) is 5.69 Å². The van der Waals surface area contributed by atoms with E-state index in [1.165, 1.54) is 0 Å². The molecule has 0 saturated heterocycles. The second kappa shape index (κ2) is 7.06. The molecule has 2 aromatic heterocycles. The number of benzene rings is 1. The summed E-state index contributed by atoms with van der Waals surface area (Å²) in [5.74, 6) is -0.112. The fourth-order valence-electron chi connectivity index (χ4n) is 2.50. The van der Waals surface area contributed by atoms with Crippen LogP contribution in [0.5, 0.6) is 0 Å². The van der Waals surface area contributed by atoms with Crippen LogP contribution in [0.15, 0.2) is 35.7 Å². The lowest BCUT2D eigenvalue weighted by molar-refractivity contribution is 0.0950. The van der Waals surface area contributed by atoms with Crippen LogP contribution in [-0.2, 0) is 6.54 Å². The second-order valence-corrected chi connectivity index (χ2v) is 6.92. The normalized spacial score (nSPS) is 10.7. The van der Waals surface area contributed by atoms with Crippen LogP contribution in [-0.4, -0.2) is 34.8 Å². The molecule has 0 atom stereocenters. The number of amides is 1. The Morgan fingerprint density at radius 2 is 1.96 bits per heavy atom. The van der Waals surface area contributed by atoms with Crippen molar-refractivity contribution in [2.24, 2.45) is 0 Å². The summed E-state index contributed by atoms with van der Waals surface area (Å²) in [6.45, 7) is 4.39. The topological polar surface area (TPSA) is 63.1 Å². The van der Waals surface area contributed by atoms with Crippen LogP contribution in [0.3, 0.4) is 0 Å². The lowest BCUT2D eigenvalue weighted by Crippen LogP contribution is -2.23. The molecule has 0 saturated carbocycles. The third-order valence-corrected chi connectivity index (χ3v) is 4.79. The number of aryl methyl sites for hydroxylation is 2. The molecular formula is C18H21N5OS. The first kappa shape index (κ1) is 17.2. The first-order valence-corrected chi connectivity index (χ1v) is 8.85. The Hall–Kier alpha value is -2.67. The largest absolute Gasteiger partial charge is 0.354 e. The fraction of sp³-hybridized carbons (Fsp3) is 0.278. The van der Waals surface area contributed by atoms with Crippen molar-refractivity contribution in [2.75, 3.05) is 19.0 Å². The van der Waals surface area contributed by atoms with Crippen molar-refractivity contribution in [3.05, 3.63) is 58.4 Å². The summed E-state index contributed by atoms with van der Waals surface area (Å²) in [5.41, 5.74) is 4.46. The van der Waals surface area contributed by atoms with Gasteiger partial charge in [-0.1, -0.05) is 0 Å². The SMILES string of the molecule is Cc1cc(C)n(-c2ccc(C(=O)NCc3csc(N(C)C)n3)cc2)n1. The summed E-state index contributed by atoms with van der Waals surface area (Å²) in [6.07, 6.45) is 0. The molecule has 3 aromatic rings. The number of aromatic nitrogens is 3. The van der Waals surface area contributed by atoms with Gasteiger partial charge in [-0.3, -0.25) is 4.79 Å². The molecule has 25 heavy (non-hydrogen) atoms.